The van der Waals surface area contributed by atoms with Crippen molar-refractivity contribution in [1.29, 1.82) is 0 Å². The van der Waals surface area contributed by atoms with Gasteiger partial charge in [-0.2, -0.15) is 0 Å². The third kappa shape index (κ3) is 5.92. The summed E-state index contributed by atoms with van der Waals surface area (Å²) in [4.78, 5) is 22.2. The van der Waals surface area contributed by atoms with Crippen LogP contribution in [0.4, 0.5) is 5.69 Å². The number of benzene rings is 1. The molecule has 150 valence electrons. The summed E-state index contributed by atoms with van der Waals surface area (Å²) >= 11 is 0. The Morgan fingerprint density at radius 2 is 1.93 bits per heavy atom. The van der Waals surface area contributed by atoms with Crippen molar-refractivity contribution in [2.45, 2.75) is 32.6 Å². The molecule has 2 aromatic rings. The van der Waals surface area contributed by atoms with E-state index in [1.807, 2.05) is 18.2 Å². The highest BCUT2D eigenvalue weighted by molar-refractivity contribution is 5.88. The van der Waals surface area contributed by atoms with Crippen molar-refractivity contribution in [3.05, 3.63) is 42.0 Å². The topological polar surface area (TPSA) is 76.6 Å². The van der Waals surface area contributed by atoms with Gasteiger partial charge in [-0.25, -0.2) is 9.97 Å². The number of hydrogen-bond acceptors (Lipinski definition) is 6. The average Bonchev–Trinajstić information content (AvgIpc) is 3.20. The van der Waals surface area contributed by atoms with Crippen LogP contribution in [0.5, 0.6) is 11.5 Å². The summed E-state index contributed by atoms with van der Waals surface area (Å²) in [5, 5.41) is 2.66. The first-order valence-electron chi connectivity index (χ1n) is 9.74. The van der Waals surface area contributed by atoms with Crippen LogP contribution >= 0.6 is 0 Å². The van der Waals surface area contributed by atoms with Gasteiger partial charge in [-0.3, -0.25) is 4.79 Å². The minimum Gasteiger partial charge on any atom is -0.493 e. The lowest BCUT2D eigenvalue weighted by atomic mass is 10.1. The van der Waals surface area contributed by atoms with Gasteiger partial charge in [0.05, 0.1) is 31.8 Å². The predicted molar refractivity (Wildman–Crippen MR) is 108 cm³/mol. The van der Waals surface area contributed by atoms with Gasteiger partial charge in [0.1, 0.15) is 5.82 Å². The molecule has 3 rings (SSSR count). The number of likely N-dealkylation sites (tertiary alicyclic amines) is 1. The maximum atomic E-state index is 11.1. The summed E-state index contributed by atoms with van der Waals surface area (Å²) < 4.78 is 11.4. The zero-order valence-corrected chi connectivity index (χ0v) is 16.6. The Labute approximate surface area is 166 Å². The van der Waals surface area contributed by atoms with E-state index in [1.165, 1.54) is 32.9 Å². The minimum atomic E-state index is -0.141. The molecule has 1 N–H and O–H groups in total. The molecule has 0 aliphatic carbocycles. The minimum absolute atomic E-state index is 0.141. The highest BCUT2D eigenvalue weighted by atomic mass is 16.5. The van der Waals surface area contributed by atoms with Crippen molar-refractivity contribution in [2.75, 3.05) is 38.7 Å². The lowest BCUT2D eigenvalue weighted by Gasteiger charge is -2.16. The highest BCUT2D eigenvalue weighted by Gasteiger charge is 2.12. The summed E-state index contributed by atoms with van der Waals surface area (Å²) in [6.45, 7) is 5.62. The maximum absolute atomic E-state index is 11.1. The summed E-state index contributed by atoms with van der Waals surface area (Å²) in [6, 6.07) is 5.89. The van der Waals surface area contributed by atoms with Crippen molar-refractivity contribution < 1.29 is 14.3 Å². The Hall–Kier alpha value is -2.67. The van der Waals surface area contributed by atoms with Crippen LogP contribution in [0.3, 0.4) is 0 Å². The first kappa shape index (κ1) is 20.1. The number of nitrogens with one attached hydrogen (secondary N) is 1. The normalized spacial score (nSPS) is 14.1. The first-order chi connectivity index (χ1) is 13.6. The molecule has 0 atom stereocenters. The number of carbonyl (C=O) groups is 1. The van der Waals surface area contributed by atoms with Gasteiger partial charge in [0.2, 0.25) is 5.91 Å². The standard InChI is InChI=1S/C21H28N4O3/c1-16(26)24-18-14-22-21(23-15-18)13-17-6-7-19(27-2)20(12-17)28-11-5-10-25-8-3-4-9-25/h6-7,12,14-15H,3-5,8-11,13H2,1-2H3,(H,24,26). The Bertz CT molecular complexity index is 774. The van der Waals surface area contributed by atoms with Gasteiger partial charge < -0.3 is 19.7 Å². The summed E-state index contributed by atoms with van der Waals surface area (Å²) in [5.41, 5.74) is 1.63. The Kier molecular flexibility index (Phi) is 7.19. The monoisotopic (exact) mass is 384 g/mol. The van der Waals surface area contributed by atoms with E-state index in [2.05, 4.69) is 20.2 Å². The summed E-state index contributed by atoms with van der Waals surface area (Å²) in [7, 11) is 1.65. The second-order valence-electron chi connectivity index (χ2n) is 6.98. The van der Waals surface area contributed by atoms with E-state index in [-0.39, 0.29) is 5.91 Å². The molecule has 1 amide bonds. The van der Waals surface area contributed by atoms with Crippen LogP contribution in [0.25, 0.3) is 0 Å². The van der Waals surface area contributed by atoms with Gasteiger partial charge in [0.25, 0.3) is 0 Å². The molecule has 1 aliphatic rings. The molecular weight excluding hydrogens is 356 g/mol. The Morgan fingerprint density at radius 3 is 2.61 bits per heavy atom. The van der Waals surface area contributed by atoms with Gasteiger partial charge >= 0.3 is 0 Å². The van der Waals surface area contributed by atoms with E-state index >= 15 is 0 Å². The fourth-order valence-corrected chi connectivity index (χ4v) is 3.32. The summed E-state index contributed by atoms with van der Waals surface area (Å²) in [6.07, 6.45) is 7.43. The molecule has 1 saturated heterocycles. The molecule has 0 saturated carbocycles. The van der Waals surface area contributed by atoms with E-state index in [0.29, 0.717) is 24.5 Å². The number of ether oxygens (including phenoxy) is 2. The van der Waals surface area contributed by atoms with Crippen LogP contribution in [0.2, 0.25) is 0 Å². The molecule has 0 bridgehead atoms. The van der Waals surface area contributed by atoms with Crippen LogP contribution in [0.1, 0.15) is 37.6 Å². The van der Waals surface area contributed by atoms with Gasteiger partial charge in [0.15, 0.2) is 11.5 Å². The molecule has 7 heteroatoms. The third-order valence-electron chi connectivity index (χ3n) is 4.69. The van der Waals surface area contributed by atoms with Crippen molar-refractivity contribution in [3.63, 3.8) is 0 Å². The molecular formula is C21H28N4O3. The lowest BCUT2D eigenvalue weighted by Crippen LogP contribution is -2.21. The third-order valence-corrected chi connectivity index (χ3v) is 4.69. The van der Waals surface area contributed by atoms with Crippen LogP contribution in [-0.2, 0) is 11.2 Å². The van der Waals surface area contributed by atoms with Gasteiger partial charge in [-0.15, -0.1) is 0 Å². The second-order valence-corrected chi connectivity index (χ2v) is 6.98. The SMILES string of the molecule is COc1ccc(Cc2ncc(NC(C)=O)cn2)cc1OCCCN1CCCC1. The fraction of sp³-hybridized carbons (Fsp3) is 0.476. The number of carbonyl (C=O) groups excluding carboxylic acids is 1. The molecule has 1 aliphatic heterocycles. The molecule has 1 aromatic heterocycles. The smallest absolute Gasteiger partial charge is 0.221 e. The second kappa shape index (κ2) is 10.0. The van der Waals surface area contributed by atoms with E-state index in [0.717, 1.165) is 30.0 Å². The van der Waals surface area contributed by atoms with E-state index in [1.54, 1.807) is 19.5 Å². The number of nitrogens with zero attached hydrogens (tertiary/aromatic N) is 3. The Morgan fingerprint density at radius 1 is 1.18 bits per heavy atom. The number of hydrogen-bond donors (Lipinski definition) is 1. The summed E-state index contributed by atoms with van der Waals surface area (Å²) in [5.74, 6) is 2.01. The lowest BCUT2D eigenvalue weighted by molar-refractivity contribution is -0.114. The van der Waals surface area contributed by atoms with Crippen molar-refractivity contribution >= 4 is 11.6 Å². The number of rotatable bonds is 9. The molecule has 7 nitrogen and oxygen atoms in total. The molecule has 0 radical (unpaired) electrons. The van der Waals surface area contributed by atoms with Crippen LogP contribution < -0.4 is 14.8 Å². The quantitative estimate of drug-likeness (QED) is 0.670. The molecule has 2 heterocycles. The van der Waals surface area contributed by atoms with Crippen molar-refractivity contribution in [1.82, 2.24) is 14.9 Å². The van der Waals surface area contributed by atoms with Gasteiger partial charge in [-0.1, -0.05) is 6.07 Å². The number of amides is 1. The van der Waals surface area contributed by atoms with E-state index < -0.39 is 0 Å². The molecule has 28 heavy (non-hydrogen) atoms. The molecule has 1 fully saturated rings. The number of aromatic nitrogens is 2. The average molecular weight is 384 g/mol. The van der Waals surface area contributed by atoms with Crippen molar-refractivity contribution in [2.24, 2.45) is 0 Å². The largest absolute Gasteiger partial charge is 0.493 e. The number of methoxy groups -OCH3 is 1. The van der Waals surface area contributed by atoms with Crippen LogP contribution in [0, 0.1) is 0 Å². The maximum Gasteiger partial charge on any atom is 0.221 e. The fourth-order valence-electron chi connectivity index (χ4n) is 3.32. The van der Waals surface area contributed by atoms with Gasteiger partial charge in [-0.05, 0) is 50.0 Å². The van der Waals surface area contributed by atoms with Crippen LogP contribution in [-0.4, -0.2) is 54.1 Å². The molecule has 1 aromatic carbocycles. The van der Waals surface area contributed by atoms with Crippen molar-refractivity contribution in [3.8, 4) is 11.5 Å². The number of anilines is 1. The first-order valence-corrected chi connectivity index (χ1v) is 9.74. The molecule has 0 unspecified atom stereocenters. The molecule has 0 spiro atoms. The Balaban J connectivity index is 1.57. The highest BCUT2D eigenvalue weighted by Crippen LogP contribution is 2.29. The zero-order valence-electron chi connectivity index (χ0n) is 16.6. The zero-order chi connectivity index (χ0) is 19.8. The van der Waals surface area contributed by atoms with E-state index in [4.69, 9.17) is 9.47 Å². The van der Waals surface area contributed by atoms with Crippen LogP contribution in [0.15, 0.2) is 30.6 Å². The predicted octanol–water partition coefficient (Wildman–Crippen LogP) is 2.90. The van der Waals surface area contributed by atoms with E-state index in [9.17, 15) is 4.79 Å². The van der Waals surface area contributed by atoms with Gasteiger partial charge in [0, 0.05) is 19.9 Å².